The minimum atomic E-state index is -0.227. The van der Waals surface area contributed by atoms with Crippen molar-refractivity contribution >= 4 is 11.8 Å². The molecular weight excluding hydrogens is 316 g/mol. The van der Waals surface area contributed by atoms with Crippen LogP contribution in [0.15, 0.2) is 42.5 Å². The first-order valence-electron chi connectivity index (χ1n) is 8.47. The molecule has 3 rings (SSSR count). The molecule has 0 atom stereocenters. The van der Waals surface area contributed by atoms with Crippen molar-refractivity contribution in [2.75, 3.05) is 19.6 Å². The normalized spacial score (nSPS) is 13.7. The Balaban J connectivity index is 1.57. The van der Waals surface area contributed by atoms with Crippen LogP contribution in [0.25, 0.3) is 0 Å². The first-order chi connectivity index (χ1) is 12.0. The molecule has 2 aromatic rings. The van der Waals surface area contributed by atoms with Crippen LogP contribution >= 0.6 is 0 Å². The summed E-state index contributed by atoms with van der Waals surface area (Å²) in [4.78, 5) is 26.5. The molecule has 2 aromatic carbocycles. The number of fused-ring (bicyclic) bond motifs is 1. The third-order valence-corrected chi connectivity index (χ3v) is 4.63. The molecule has 0 bridgehead atoms. The Hall–Kier alpha value is -2.82. The van der Waals surface area contributed by atoms with Crippen LogP contribution in [0.4, 0.5) is 0 Å². The monoisotopic (exact) mass is 338 g/mol. The number of hydrogen-bond acceptors (Lipinski definition) is 3. The maximum atomic E-state index is 12.5. The fraction of sp³-hybridized carbons (Fsp3) is 0.300. The molecule has 0 saturated carbocycles. The first-order valence-corrected chi connectivity index (χ1v) is 8.47. The van der Waals surface area contributed by atoms with Gasteiger partial charge in [0.1, 0.15) is 5.75 Å². The Bertz CT molecular complexity index is 801. The van der Waals surface area contributed by atoms with Gasteiger partial charge in [-0.1, -0.05) is 24.3 Å². The standard InChI is InChI=1S/C20H22N2O3/c1-14-4-2-3-5-18(14)20(25)21-13-19(24)22-10-8-15-6-7-17(23)12-16(15)9-11-22/h2-7,12,23H,8-11,13H2,1H3,(H,21,25). The summed E-state index contributed by atoms with van der Waals surface area (Å²) in [7, 11) is 0. The number of phenols is 1. The molecule has 0 aliphatic carbocycles. The van der Waals surface area contributed by atoms with Crippen molar-refractivity contribution in [3.63, 3.8) is 0 Å². The average molecular weight is 338 g/mol. The number of carbonyl (C=O) groups excluding carboxylic acids is 2. The van der Waals surface area contributed by atoms with Crippen molar-refractivity contribution < 1.29 is 14.7 Å². The highest BCUT2D eigenvalue weighted by Gasteiger charge is 2.19. The lowest BCUT2D eigenvalue weighted by Crippen LogP contribution is -2.41. The van der Waals surface area contributed by atoms with Crippen LogP contribution in [0.2, 0.25) is 0 Å². The van der Waals surface area contributed by atoms with Crippen molar-refractivity contribution in [2.24, 2.45) is 0 Å². The van der Waals surface area contributed by atoms with E-state index in [4.69, 9.17) is 0 Å². The van der Waals surface area contributed by atoms with Crippen molar-refractivity contribution in [3.05, 3.63) is 64.7 Å². The molecule has 1 aliphatic heterocycles. The Morgan fingerprint density at radius 2 is 1.80 bits per heavy atom. The van der Waals surface area contributed by atoms with Crippen LogP contribution in [0, 0.1) is 6.92 Å². The van der Waals surface area contributed by atoms with E-state index in [1.165, 1.54) is 0 Å². The second-order valence-electron chi connectivity index (χ2n) is 6.33. The zero-order chi connectivity index (χ0) is 17.8. The zero-order valence-electron chi connectivity index (χ0n) is 14.3. The van der Waals surface area contributed by atoms with E-state index >= 15 is 0 Å². The van der Waals surface area contributed by atoms with E-state index in [1.54, 1.807) is 23.1 Å². The maximum absolute atomic E-state index is 12.5. The molecule has 1 heterocycles. The molecule has 2 amide bonds. The number of nitrogens with zero attached hydrogens (tertiary/aromatic N) is 1. The zero-order valence-corrected chi connectivity index (χ0v) is 14.3. The summed E-state index contributed by atoms with van der Waals surface area (Å²) < 4.78 is 0. The largest absolute Gasteiger partial charge is 0.508 e. The SMILES string of the molecule is Cc1ccccc1C(=O)NCC(=O)N1CCc2ccc(O)cc2CC1. The molecule has 1 aliphatic rings. The summed E-state index contributed by atoms with van der Waals surface area (Å²) in [6.07, 6.45) is 1.47. The summed E-state index contributed by atoms with van der Waals surface area (Å²) in [6, 6.07) is 12.7. The van der Waals surface area contributed by atoms with Gasteiger partial charge in [-0.15, -0.1) is 0 Å². The van der Waals surface area contributed by atoms with Gasteiger partial charge in [0.2, 0.25) is 5.91 Å². The van der Waals surface area contributed by atoms with Gasteiger partial charge in [-0.25, -0.2) is 0 Å². The summed E-state index contributed by atoms with van der Waals surface area (Å²) in [6.45, 7) is 3.08. The van der Waals surface area contributed by atoms with Gasteiger partial charge >= 0.3 is 0 Å². The van der Waals surface area contributed by atoms with Gasteiger partial charge in [0.05, 0.1) is 6.54 Å². The topological polar surface area (TPSA) is 69.6 Å². The Morgan fingerprint density at radius 1 is 1.08 bits per heavy atom. The molecule has 2 N–H and O–H groups in total. The van der Waals surface area contributed by atoms with Gasteiger partial charge in [0.15, 0.2) is 0 Å². The number of carbonyl (C=O) groups is 2. The minimum Gasteiger partial charge on any atom is -0.508 e. The third-order valence-electron chi connectivity index (χ3n) is 4.63. The number of nitrogens with one attached hydrogen (secondary N) is 1. The van der Waals surface area contributed by atoms with E-state index in [9.17, 15) is 14.7 Å². The van der Waals surface area contributed by atoms with Crippen molar-refractivity contribution in [2.45, 2.75) is 19.8 Å². The highest BCUT2D eigenvalue weighted by molar-refractivity contribution is 5.97. The Kier molecular flexibility index (Phi) is 5.03. The molecule has 5 heteroatoms. The van der Waals surface area contributed by atoms with Gasteiger partial charge in [-0.05, 0) is 54.7 Å². The Morgan fingerprint density at radius 3 is 2.56 bits per heavy atom. The molecule has 0 unspecified atom stereocenters. The lowest BCUT2D eigenvalue weighted by molar-refractivity contribution is -0.130. The van der Waals surface area contributed by atoms with Crippen molar-refractivity contribution in [1.29, 1.82) is 0 Å². The summed E-state index contributed by atoms with van der Waals surface area (Å²) in [5.41, 5.74) is 3.72. The van der Waals surface area contributed by atoms with Crippen LogP contribution in [-0.4, -0.2) is 41.5 Å². The van der Waals surface area contributed by atoms with Crippen LogP contribution in [-0.2, 0) is 17.6 Å². The van der Waals surface area contributed by atoms with Crippen molar-refractivity contribution in [3.8, 4) is 5.75 Å². The number of benzene rings is 2. The highest BCUT2D eigenvalue weighted by atomic mass is 16.3. The average Bonchev–Trinajstić information content (AvgIpc) is 2.82. The number of amides is 2. The molecule has 130 valence electrons. The van der Waals surface area contributed by atoms with Crippen LogP contribution in [0.3, 0.4) is 0 Å². The van der Waals surface area contributed by atoms with E-state index in [1.807, 2.05) is 31.2 Å². The van der Waals surface area contributed by atoms with Crippen molar-refractivity contribution in [1.82, 2.24) is 10.2 Å². The first kappa shape index (κ1) is 17.0. The minimum absolute atomic E-state index is 0.00520. The second kappa shape index (κ2) is 7.38. The predicted octanol–water partition coefficient (Wildman–Crippen LogP) is 2.06. The molecular formula is C20H22N2O3. The van der Waals surface area contributed by atoms with Gasteiger partial charge in [0, 0.05) is 18.7 Å². The van der Waals surface area contributed by atoms with Gasteiger partial charge in [-0.2, -0.15) is 0 Å². The van der Waals surface area contributed by atoms with E-state index in [0.717, 1.165) is 23.1 Å². The lowest BCUT2D eigenvalue weighted by Gasteiger charge is -2.20. The van der Waals surface area contributed by atoms with Gasteiger partial charge < -0.3 is 15.3 Å². The molecule has 5 nitrogen and oxygen atoms in total. The van der Waals surface area contributed by atoms with Crippen LogP contribution in [0.5, 0.6) is 5.75 Å². The van der Waals surface area contributed by atoms with E-state index in [2.05, 4.69) is 5.32 Å². The smallest absolute Gasteiger partial charge is 0.251 e. The van der Waals surface area contributed by atoms with E-state index in [0.29, 0.717) is 25.1 Å². The highest BCUT2D eigenvalue weighted by Crippen LogP contribution is 2.20. The number of hydrogen-bond donors (Lipinski definition) is 2. The molecule has 0 aromatic heterocycles. The molecule has 0 spiro atoms. The quantitative estimate of drug-likeness (QED) is 0.900. The fourth-order valence-corrected chi connectivity index (χ4v) is 3.15. The summed E-state index contributed by atoms with van der Waals surface area (Å²) >= 11 is 0. The third kappa shape index (κ3) is 3.99. The summed E-state index contributed by atoms with van der Waals surface area (Å²) in [5, 5.41) is 12.3. The Labute approximate surface area is 147 Å². The summed E-state index contributed by atoms with van der Waals surface area (Å²) in [5.74, 6) is -0.0579. The van der Waals surface area contributed by atoms with Gasteiger partial charge in [-0.3, -0.25) is 9.59 Å². The second-order valence-corrected chi connectivity index (χ2v) is 6.33. The molecule has 25 heavy (non-hydrogen) atoms. The number of aryl methyl sites for hydroxylation is 1. The molecule has 0 radical (unpaired) electrons. The van der Waals surface area contributed by atoms with Crippen LogP contribution in [0.1, 0.15) is 27.0 Å². The number of aromatic hydroxyl groups is 1. The van der Waals surface area contributed by atoms with E-state index < -0.39 is 0 Å². The van der Waals surface area contributed by atoms with Gasteiger partial charge in [0.25, 0.3) is 5.91 Å². The molecule has 0 saturated heterocycles. The molecule has 0 fully saturated rings. The predicted molar refractivity (Wildman–Crippen MR) is 95.6 cm³/mol. The maximum Gasteiger partial charge on any atom is 0.251 e. The fourth-order valence-electron chi connectivity index (χ4n) is 3.15. The number of phenolic OH excluding ortho intramolecular Hbond substituents is 1. The number of rotatable bonds is 3. The van der Waals surface area contributed by atoms with Crippen LogP contribution < -0.4 is 5.32 Å². The lowest BCUT2D eigenvalue weighted by atomic mass is 10.0. The van der Waals surface area contributed by atoms with E-state index in [-0.39, 0.29) is 24.1 Å².